The summed E-state index contributed by atoms with van der Waals surface area (Å²) in [6, 6.07) is 26.8. The lowest BCUT2D eigenvalue weighted by Crippen LogP contribution is -2.16. The third-order valence-electron chi connectivity index (χ3n) is 6.88. The summed E-state index contributed by atoms with van der Waals surface area (Å²) in [6.07, 6.45) is 3.46. The number of aromatic nitrogens is 1. The monoisotopic (exact) mass is 463 g/mol. The number of carboxylic acids is 1. The predicted octanol–water partition coefficient (Wildman–Crippen LogP) is 7.04. The van der Waals surface area contributed by atoms with E-state index in [0.717, 1.165) is 35.4 Å². The van der Waals surface area contributed by atoms with Gasteiger partial charge in [0.25, 0.3) is 0 Å². The molecule has 0 radical (unpaired) electrons. The molecule has 4 heteroatoms. The van der Waals surface area contributed by atoms with Crippen molar-refractivity contribution in [2.75, 3.05) is 0 Å². The standard InChI is InChI=1S/C31H29NO3/c1-20-7-5-8-21(2)31(20)25-10-6-9-23(18-25)28-15-13-24-17-22(12-14-29(24)35-28)26(19-30(33)34)27-11-3-4-16-32-27/h3-12,14,16-18,26,28H,13,15,19H2,1-2H3,(H,33,34). The van der Waals surface area contributed by atoms with E-state index in [2.05, 4.69) is 67.4 Å². The van der Waals surface area contributed by atoms with Crippen LogP contribution in [0.25, 0.3) is 11.1 Å². The number of aliphatic carboxylic acids is 1. The van der Waals surface area contributed by atoms with E-state index in [4.69, 9.17) is 4.74 Å². The number of rotatable bonds is 6. The van der Waals surface area contributed by atoms with E-state index in [1.165, 1.54) is 27.8 Å². The van der Waals surface area contributed by atoms with Crippen LogP contribution in [0.1, 0.15) is 58.4 Å². The van der Waals surface area contributed by atoms with E-state index in [1.54, 1.807) is 6.20 Å². The number of benzene rings is 3. The van der Waals surface area contributed by atoms with Crippen molar-refractivity contribution in [3.8, 4) is 16.9 Å². The Kier molecular flexibility index (Phi) is 6.37. The maximum atomic E-state index is 11.6. The number of hydrogen-bond acceptors (Lipinski definition) is 3. The van der Waals surface area contributed by atoms with Crippen LogP contribution in [-0.4, -0.2) is 16.1 Å². The Morgan fingerprint density at radius 3 is 2.54 bits per heavy atom. The Morgan fingerprint density at radius 1 is 1.00 bits per heavy atom. The smallest absolute Gasteiger partial charge is 0.304 e. The van der Waals surface area contributed by atoms with Gasteiger partial charge in [-0.25, -0.2) is 0 Å². The summed E-state index contributed by atoms with van der Waals surface area (Å²) in [4.78, 5) is 16.0. The molecule has 0 spiro atoms. The minimum atomic E-state index is -0.835. The lowest BCUT2D eigenvalue weighted by atomic mass is 9.88. The fourth-order valence-corrected chi connectivity index (χ4v) is 5.17. The van der Waals surface area contributed by atoms with Gasteiger partial charge in [0.15, 0.2) is 0 Å². The van der Waals surface area contributed by atoms with E-state index in [0.29, 0.717) is 0 Å². The van der Waals surface area contributed by atoms with Crippen LogP contribution in [0.2, 0.25) is 0 Å². The highest BCUT2D eigenvalue weighted by Crippen LogP contribution is 2.39. The van der Waals surface area contributed by atoms with Crippen molar-refractivity contribution in [2.45, 2.75) is 45.1 Å². The fraction of sp³-hybridized carbons (Fsp3) is 0.226. The maximum Gasteiger partial charge on any atom is 0.304 e. The molecule has 1 N–H and O–H groups in total. The number of ether oxygens (including phenoxy) is 1. The average Bonchev–Trinajstić information content (AvgIpc) is 2.87. The molecule has 0 fully saturated rings. The minimum absolute atomic E-state index is 0.00436. The van der Waals surface area contributed by atoms with Crippen molar-refractivity contribution >= 4 is 5.97 Å². The summed E-state index contributed by atoms with van der Waals surface area (Å²) >= 11 is 0. The van der Waals surface area contributed by atoms with Crippen molar-refractivity contribution < 1.29 is 14.6 Å². The molecule has 0 saturated carbocycles. The van der Waals surface area contributed by atoms with Gasteiger partial charge in [0, 0.05) is 17.8 Å². The van der Waals surface area contributed by atoms with E-state index in [1.807, 2.05) is 30.3 Å². The second kappa shape index (κ2) is 9.75. The summed E-state index contributed by atoms with van der Waals surface area (Å²) in [5.74, 6) is -0.248. The number of pyridine rings is 1. The van der Waals surface area contributed by atoms with Crippen molar-refractivity contribution in [3.63, 3.8) is 0 Å². The molecule has 0 amide bonds. The predicted molar refractivity (Wildman–Crippen MR) is 138 cm³/mol. The molecule has 4 aromatic rings. The third-order valence-corrected chi connectivity index (χ3v) is 6.88. The molecule has 5 rings (SSSR count). The van der Waals surface area contributed by atoms with Crippen LogP contribution in [0.3, 0.4) is 0 Å². The van der Waals surface area contributed by atoms with Crippen molar-refractivity contribution in [1.29, 1.82) is 0 Å². The average molecular weight is 464 g/mol. The highest BCUT2D eigenvalue weighted by molar-refractivity contribution is 5.71. The summed E-state index contributed by atoms with van der Waals surface area (Å²) in [5, 5.41) is 9.49. The van der Waals surface area contributed by atoms with E-state index >= 15 is 0 Å². The van der Waals surface area contributed by atoms with Crippen LogP contribution in [0, 0.1) is 13.8 Å². The first kappa shape index (κ1) is 22.9. The van der Waals surface area contributed by atoms with Gasteiger partial charge in [0.05, 0.1) is 6.42 Å². The first-order valence-corrected chi connectivity index (χ1v) is 12.1. The van der Waals surface area contributed by atoms with Gasteiger partial charge in [-0.15, -0.1) is 0 Å². The minimum Gasteiger partial charge on any atom is -0.485 e. The highest BCUT2D eigenvalue weighted by atomic mass is 16.5. The van der Waals surface area contributed by atoms with Gasteiger partial charge >= 0.3 is 5.97 Å². The van der Waals surface area contributed by atoms with Gasteiger partial charge in [-0.05, 0) is 89.9 Å². The molecule has 2 atom stereocenters. The lowest BCUT2D eigenvalue weighted by molar-refractivity contribution is -0.137. The number of fused-ring (bicyclic) bond motifs is 1. The van der Waals surface area contributed by atoms with Crippen LogP contribution < -0.4 is 4.74 Å². The second-order valence-electron chi connectivity index (χ2n) is 9.31. The van der Waals surface area contributed by atoms with Crippen molar-refractivity contribution in [1.82, 2.24) is 4.98 Å². The summed E-state index contributed by atoms with van der Waals surface area (Å²) < 4.78 is 6.46. The van der Waals surface area contributed by atoms with Gasteiger partial charge in [0.1, 0.15) is 11.9 Å². The Bertz CT molecular complexity index is 1340. The van der Waals surface area contributed by atoms with Gasteiger partial charge < -0.3 is 9.84 Å². The zero-order valence-electron chi connectivity index (χ0n) is 20.1. The topological polar surface area (TPSA) is 59.4 Å². The van der Waals surface area contributed by atoms with Gasteiger partial charge in [-0.3, -0.25) is 9.78 Å². The van der Waals surface area contributed by atoms with Crippen molar-refractivity contribution in [2.24, 2.45) is 0 Å². The molecule has 2 heterocycles. The number of carboxylic acid groups (broad SMARTS) is 1. The Labute approximate surface area is 206 Å². The first-order valence-electron chi connectivity index (χ1n) is 12.1. The van der Waals surface area contributed by atoms with Crippen LogP contribution in [0.15, 0.2) is 85.1 Å². The molecule has 3 aromatic carbocycles. The first-order chi connectivity index (χ1) is 17.0. The van der Waals surface area contributed by atoms with E-state index in [-0.39, 0.29) is 18.4 Å². The second-order valence-corrected chi connectivity index (χ2v) is 9.31. The number of nitrogens with zero attached hydrogens (tertiary/aromatic N) is 1. The van der Waals surface area contributed by atoms with Crippen LogP contribution in [0.5, 0.6) is 5.75 Å². The van der Waals surface area contributed by atoms with E-state index in [9.17, 15) is 9.90 Å². The molecule has 176 valence electrons. The van der Waals surface area contributed by atoms with Gasteiger partial charge in [-0.2, -0.15) is 0 Å². The highest BCUT2D eigenvalue weighted by Gasteiger charge is 2.25. The molecule has 0 saturated heterocycles. The SMILES string of the molecule is Cc1cccc(C)c1-c1cccc(C2CCc3cc(C(CC(=O)O)c4ccccn4)ccc3O2)c1. The maximum absolute atomic E-state index is 11.6. The summed E-state index contributed by atoms with van der Waals surface area (Å²) in [6.45, 7) is 4.31. The lowest BCUT2D eigenvalue weighted by Gasteiger charge is -2.28. The van der Waals surface area contributed by atoms with E-state index < -0.39 is 5.97 Å². The number of hydrogen-bond donors (Lipinski definition) is 1. The molecule has 1 aliphatic heterocycles. The molecule has 0 aliphatic carbocycles. The largest absolute Gasteiger partial charge is 0.485 e. The van der Waals surface area contributed by atoms with Crippen LogP contribution in [-0.2, 0) is 11.2 Å². The number of aryl methyl sites for hydroxylation is 3. The molecule has 0 bridgehead atoms. The zero-order valence-corrected chi connectivity index (χ0v) is 20.1. The molecule has 4 nitrogen and oxygen atoms in total. The molecule has 2 unspecified atom stereocenters. The van der Waals surface area contributed by atoms with Crippen molar-refractivity contribution in [3.05, 3.63) is 119 Å². The summed E-state index contributed by atoms with van der Waals surface area (Å²) in [5.41, 5.74) is 9.08. The normalized spacial score (nSPS) is 15.7. The quantitative estimate of drug-likeness (QED) is 0.333. The Balaban J connectivity index is 1.41. The molecule has 1 aliphatic rings. The molecule has 1 aromatic heterocycles. The van der Waals surface area contributed by atoms with Gasteiger partial charge in [-0.1, -0.05) is 54.6 Å². The third kappa shape index (κ3) is 4.83. The Hall–Kier alpha value is -3.92. The summed E-state index contributed by atoms with van der Waals surface area (Å²) in [7, 11) is 0. The van der Waals surface area contributed by atoms with Gasteiger partial charge in [0.2, 0.25) is 0 Å². The number of carbonyl (C=O) groups is 1. The molecule has 35 heavy (non-hydrogen) atoms. The molecular formula is C31H29NO3. The van der Waals surface area contributed by atoms with Crippen LogP contribution in [0.4, 0.5) is 0 Å². The Morgan fingerprint density at radius 2 is 1.80 bits per heavy atom. The fourth-order valence-electron chi connectivity index (χ4n) is 5.17. The van der Waals surface area contributed by atoms with Crippen LogP contribution >= 0.6 is 0 Å². The molecular weight excluding hydrogens is 434 g/mol. The zero-order chi connectivity index (χ0) is 24.4.